The van der Waals surface area contributed by atoms with Crippen LogP contribution in [0.3, 0.4) is 0 Å². The number of imidazole rings is 1. The first-order chi connectivity index (χ1) is 11.8. The zero-order valence-electron chi connectivity index (χ0n) is 13.5. The van der Waals surface area contributed by atoms with Crippen LogP contribution in [0.4, 0.5) is 0 Å². The zero-order valence-corrected chi connectivity index (χ0v) is 13.5. The molecule has 0 radical (unpaired) electrons. The maximum Gasteiger partial charge on any atom is 0.176 e. The van der Waals surface area contributed by atoms with Crippen LogP contribution in [0.2, 0.25) is 0 Å². The van der Waals surface area contributed by atoms with E-state index in [1.54, 1.807) is 6.07 Å². The molecule has 0 bridgehead atoms. The molecule has 5 heteroatoms. The van der Waals surface area contributed by atoms with Crippen LogP contribution in [0.25, 0.3) is 11.6 Å². The first-order valence-electron chi connectivity index (χ1n) is 8.32. The van der Waals surface area contributed by atoms with E-state index >= 15 is 0 Å². The second-order valence-corrected chi connectivity index (χ2v) is 6.25. The molecular weight excluding hydrogens is 302 g/mol. The lowest BCUT2D eigenvalue weighted by Crippen LogP contribution is -2.21. The lowest BCUT2D eigenvalue weighted by atomic mass is 10.2. The van der Waals surface area contributed by atoms with Gasteiger partial charge in [-0.05, 0) is 24.1 Å². The fourth-order valence-corrected chi connectivity index (χ4v) is 3.41. The van der Waals surface area contributed by atoms with Crippen molar-refractivity contribution < 1.29 is 9.52 Å². The highest BCUT2D eigenvalue weighted by atomic mass is 16.4. The van der Waals surface area contributed by atoms with Crippen LogP contribution in [0, 0.1) is 0 Å². The van der Waals surface area contributed by atoms with Crippen molar-refractivity contribution in [1.29, 1.82) is 0 Å². The minimum Gasteiger partial charge on any atom is -0.455 e. The molecule has 1 saturated heterocycles. The van der Waals surface area contributed by atoms with Gasteiger partial charge in [0.25, 0.3) is 0 Å². The van der Waals surface area contributed by atoms with Crippen molar-refractivity contribution >= 4 is 0 Å². The van der Waals surface area contributed by atoms with Crippen molar-refractivity contribution in [2.45, 2.75) is 25.6 Å². The van der Waals surface area contributed by atoms with Gasteiger partial charge in [0.15, 0.2) is 11.6 Å². The predicted molar refractivity (Wildman–Crippen MR) is 91.2 cm³/mol. The molecule has 0 amide bonds. The third-order valence-corrected chi connectivity index (χ3v) is 4.60. The van der Waals surface area contributed by atoms with Gasteiger partial charge in [0.2, 0.25) is 0 Å². The van der Waals surface area contributed by atoms with Gasteiger partial charge in [-0.2, -0.15) is 0 Å². The summed E-state index contributed by atoms with van der Waals surface area (Å²) in [5.41, 5.74) is 1.35. The Labute approximate surface area is 141 Å². The van der Waals surface area contributed by atoms with Crippen molar-refractivity contribution in [1.82, 2.24) is 14.5 Å². The fraction of sp³-hybridized carbons (Fsp3) is 0.316. The fourth-order valence-electron chi connectivity index (χ4n) is 3.41. The molecule has 5 nitrogen and oxygen atoms in total. The van der Waals surface area contributed by atoms with Gasteiger partial charge in [0.1, 0.15) is 12.4 Å². The summed E-state index contributed by atoms with van der Waals surface area (Å²) in [5, 5.41) is 9.18. The molecule has 124 valence electrons. The maximum atomic E-state index is 9.18. The zero-order chi connectivity index (χ0) is 16.4. The van der Waals surface area contributed by atoms with Crippen LogP contribution in [0.5, 0.6) is 0 Å². The standard InChI is InChI=1S/C19H21N3O2/c23-14-17-6-7-18(24-17)19-20-9-11-22(19)16-8-10-21(13-16)12-15-4-2-1-3-5-15/h1-7,9,11,16,23H,8,10,12-14H2. The minimum absolute atomic E-state index is 0.0883. The Hall–Kier alpha value is -2.37. The third-order valence-electron chi connectivity index (χ3n) is 4.60. The highest BCUT2D eigenvalue weighted by molar-refractivity contribution is 5.48. The molecule has 1 aliphatic heterocycles. The number of hydrogen-bond acceptors (Lipinski definition) is 4. The molecule has 3 aromatic rings. The molecule has 1 aliphatic rings. The average Bonchev–Trinajstić information content (AvgIpc) is 3.35. The summed E-state index contributed by atoms with van der Waals surface area (Å²) in [6.07, 6.45) is 4.94. The number of hydrogen-bond donors (Lipinski definition) is 1. The number of likely N-dealkylation sites (tertiary alicyclic amines) is 1. The summed E-state index contributed by atoms with van der Waals surface area (Å²) in [6, 6.07) is 14.7. The molecule has 1 aromatic carbocycles. The van der Waals surface area contributed by atoms with Gasteiger partial charge in [-0.25, -0.2) is 4.98 Å². The second kappa shape index (κ2) is 6.63. The smallest absolute Gasteiger partial charge is 0.176 e. The summed E-state index contributed by atoms with van der Waals surface area (Å²) in [5.74, 6) is 2.11. The topological polar surface area (TPSA) is 54.4 Å². The summed E-state index contributed by atoms with van der Waals surface area (Å²) >= 11 is 0. The summed E-state index contributed by atoms with van der Waals surface area (Å²) in [4.78, 5) is 6.93. The van der Waals surface area contributed by atoms with Crippen LogP contribution in [-0.4, -0.2) is 32.6 Å². The van der Waals surface area contributed by atoms with E-state index in [2.05, 4.69) is 44.8 Å². The number of benzene rings is 1. The van der Waals surface area contributed by atoms with Gasteiger partial charge >= 0.3 is 0 Å². The first kappa shape index (κ1) is 15.2. The van der Waals surface area contributed by atoms with Crippen molar-refractivity contribution in [3.05, 3.63) is 66.2 Å². The lowest BCUT2D eigenvalue weighted by molar-refractivity contribution is 0.248. The molecule has 1 unspecified atom stereocenters. The first-order valence-corrected chi connectivity index (χ1v) is 8.32. The number of aliphatic hydroxyl groups is 1. The van der Waals surface area contributed by atoms with Crippen molar-refractivity contribution in [3.63, 3.8) is 0 Å². The minimum atomic E-state index is -0.0883. The number of furan rings is 1. The van der Waals surface area contributed by atoms with E-state index in [4.69, 9.17) is 4.42 Å². The highest BCUT2D eigenvalue weighted by Crippen LogP contribution is 2.29. The highest BCUT2D eigenvalue weighted by Gasteiger charge is 2.26. The van der Waals surface area contributed by atoms with E-state index in [-0.39, 0.29) is 6.61 Å². The summed E-state index contributed by atoms with van der Waals surface area (Å²) < 4.78 is 7.85. The predicted octanol–water partition coefficient (Wildman–Crippen LogP) is 3.08. The van der Waals surface area contributed by atoms with E-state index in [9.17, 15) is 5.11 Å². The Bertz CT molecular complexity index is 794. The quantitative estimate of drug-likeness (QED) is 0.784. The molecular formula is C19H21N3O2. The van der Waals surface area contributed by atoms with E-state index in [0.29, 0.717) is 17.6 Å². The van der Waals surface area contributed by atoms with Crippen LogP contribution < -0.4 is 0 Å². The van der Waals surface area contributed by atoms with Gasteiger partial charge in [-0.15, -0.1) is 0 Å². The molecule has 2 aromatic heterocycles. The molecule has 0 saturated carbocycles. The monoisotopic (exact) mass is 323 g/mol. The van der Waals surface area contributed by atoms with Crippen molar-refractivity contribution in [2.24, 2.45) is 0 Å². The van der Waals surface area contributed by atoms with Gasteiger partial charge < -0.3 is 14.1 Å². The van der Waals surface area contributed by atoms with Crippen molar-refractivity contribution in [3.8, 4) is 11.6 Å². The second-order valence-electron chi connectivity index (χ2n) is 6.25. The van der Waals surface area contributed by atoms with Crippen LogP contribution in [0.1, 0.15) is 23.8 Å². The maximum absolute atomic E-state index is 9.18. The van der Waals surface area contributed by atoms with Crippen LogP contribution >= 0.6 is 0 Å². The van der Waals surface area contributed by atoms with Crippen LogP contribution in [0.15, 0.2) is 59.3 Å². The lowest BCUT2D eigenvalue weighted by Gasteiger charge is -2.17. The van der Waals surface area contributed by atoms with E-state index in [1.807, 2.05) is 18.5 Å². The third kappa shape index (κ3) is 3.00. The Kier molecular flexibility index (Phi) is 4.19. The largest absolute Gasteiger partial charge is 0.455 e. The molecule has 1 N–H and O–H groups in total. The molecule has 24 heavy (non-hydrogen) atoms. The molecule has 0 aliphatic carbocycles. The number of aromatic nitrogens is 2. The average molecular weight is 323 g/mol. The van der Waals surface area contributed by atoms with Gasteiger partial charge in [0.05, 0.1) is 0 Å². The van der Waals surface area contributed by atoms with E-state index in [1.165, 1.54) is 5.56 Å². The molecule has 0 spiro atoms. The van der Waals surface area contributed by atoms with E-state index < -0.39 is 0 Å². The normalized spacial score (nSPS) is 18.3. The van der Waals surface area contributed by atoms with Gasteiger partial charge in [-0.3, -0.25) is 4.90 Å². The number of aliphatic hydroxyl groups excluding tert-OH is 1. The Morgan fingerprint density at radius 3 is 2.83 bits per heavy atom. The molecule has 1 atom stereocenters. The van der Waals surface area contributed by atoms with Crippen LogP contribution in [-0.2, 0) is 13.2 Å². The van der Waals surface area contributed by atoms with Crippen molar-refractivity contribution in [2.75, 3.05) is 13.1 Å². The number of nitrogens with zero attached hydrogens (tertiary/aromatic N) is 3. The Balaban J connectivity index is 1.49. The van der Waals surface area contributed by atoms with E-state index in [0.717, 1.165) is 31.9 Å². The molecule has 3 heterocycles. The SMILES string of the molecule is OCc1ccc(-c2nccn2C2CCN(Cc3ccccc3)C2)o1. The summed E-state index contributed by atoms with van der Waals surface area (Å²) in [6.45, 7) is 2.98. The van der Waals surface area contributed by atoms with Gasteiger partial charge in [-0.1, -0.05) is 30.3 Å². The Morgan fingerprint density at radius 1 is 1.17 bits per heavy atom. The molecule has 4 rings (SSSR count). The number of rotatable bonds is 5. The molecule has 1 fully saturated rings. The summed E-state index contributed by atoms with van der Waals surface area (Å²) in [7, 11) is 0. The Morgan fingerprint density at radius 2 is 2.04 bits per heavy atom. The van der Waals surface area contributed by atoms with Gasteiger partial charge in [0, 0.05) is 38.1 Å².